The van der Waals surface area contributed by atoms with E-state index in [1.54, 1.807) is 24.4 Å². The van der Waals surface area contributed by atoms with Crippen molar-refractivity contribution in [3.8, 4) is 11.3 Å². The van der Waals surface area contributed by atoms with Crippen molar-refractivity contribution in [1.82, 2.24) is 15.1 Å². The largest absolute Gasteiger partial charge is 0.360 e. The summed E-state index contributed by atoms with van der Waals surface area (Å²) in [5.41, 5.74) is 1.98. The molecule has 23 heavy (non-hydrogen) atoms. The molecule has 1 aliphatic heterocycles. The average Bonchev–Trinajstić information content (AvgIpc) is 2.98. The fourth-order valence-electron chi connectivity index (χ4n) is 2.89. The summed E-state index contributed by atoms with van der Waals surface area (Å²) < 4.78 is 19.5. The lowest BCUT2D eigenvalue weighted by Gasteiger charge is -2.27. The number of aryl methyl sites for hydroxylation is 1. The average molecular weight is 310 g/mol. The number of anilines is 1. The van der Waals surface area contributed by atoms with Gasteiger partial charge in [0.05, 0.1) is 6.54 Å². The quantitative estimate of drug-likeness (QED) is 0.728. The molecule has 3 aromatic rings. The van der Waals surface area contributed by atoms with Crippen molar-refractivity contribution in [2.45, 2.75) is 19.9 Å². The van der Waals surface area contributed by atoms with Gasteiger partial charge in [0.15, 0.2) is 0 Å². The van der Waals surface area contributed by atoms with Gasteiger partial charge in [0.2, 0.25) is 0 Å². The zero-order valence-electron chi connectivity index (χ0n) is 12.7. The second kappa shape index (κ2) is 5.46. The van der Waals surface area contributed by atoms with Crippen molar-refractivity contribution < 1.29 is 8.91 Å². The Morgan fingerprint density at radius 1 is 1.22 bits per heavy atom. The Hall–Kier alpha value is -2.76. The summed E-state index contributed by atoms with van der Waals surface area (Å²) in [6, 6.07) is 8.51. The number of fused-ring (bicyclic) bond motifs is 1. The SMILES string of the molecule is Cc1nccc(N2CCc3onc(-c4ccccc4F)c3C2)n1. The van der Waals surface area contributed by atoms with Gasteiger partial charge in [-0.2, -0.15) is 0 Å². The van der Waals surface area contributed by atoms with Crippen molar-refractivity contribution in [3.63, 3.8) is 0 Å². The monoisotopic (exact) mass is 310 g/mol. The molecule has 0 unspecified atom stereocenters. The molecular weight excluding hydrogens is 295 g/mol. The number of nitrogens with zero attached hydrogens (tertiary/aromatic N) is 4. The van der Waals surface area contributed by atoms with Crippen molar-refractivity contribution in [3.05, 3.63) is 59.5 Å². The lowest BCUT2D eigenvalue weighted by Crippen LogP contribution is -2.30. The van der Waals surface area contributed by atoms with Crippen LogP contribution in [0.1, 0.15) is 17.1 Å². The van der Waals surface area contributed by atoms with Crippen LogP contribution in [-0.2, 0) is 13.0 Å². The van der Waals surface area contributed by atoms with Gasteiger partial charge in [0, 0.05) is 30.3 Å². The first-order chi connectivity index (χ1) is 11.2. The minimum Gasteiger partial charge on any atom is -0.360 e. The smallest absolute Gasteiger partial charge is 0.144 e. The molecular formula is C17H15FN4O. The Morgan fingerprint density at radius 2 is 2.09 bits per heavy atom. The van der Waals surface area contributed by atoms with E-state index in [0.29, 0.717) is 17.8 Å². The van der Waals surface area contributed by atoms with Crippen molar-refractivity contribution in [2.24, 2.45) is 0 Å². The van der Waals surface area contributed by atoms with E-state index in [0.717, 1.165) is 35.9 Å². The molecule has 0 fully saturated rings. The molecule has 0 amide bonds. The Labute approximate surface area is 132 Å². The molecule has 2 aromatic heterocycles. The highest BCUT2D eigenvalue weighted by Crippen LogP contribution is 2.32. The summed E-state index contributed by atoms with van der Waals surface area (Å²) in [6.07, 6.45) is 2.47. The summed E-state index contributed by atoms with van der Waals surface area (Å²) >= 11 is 0. The Bertz CT molecular complexity index is 861. The van der Waals surface area contributed by atoms with Crippen LogP contribution in [0.5, 0.6) is 0 Å². The molecule has 0 aliphatic carbocycles. The van der Waals surface area contributed by atoms with Crippen LogP contribution in [-0.4, -0.2) is 21.7 Å². The molecule has 0 spiro atoms. The topological polar surface area (TPSA) is 55.1 Å². The summed E-state index contributed by atoms with van der Waals surface area (Å²) in [5.74, 6) is 2.13. The maximum atomic E-state index is 14.1. The summed E-state index contributed by atoms with van der Waals surface area (Å²) in [4.78, 5) is 10.7. The molecule has 3 heterocycles. The van der Waals surface area contributed by atoms with Crippen LogP contribution < -0.4 is 4.90 Å². The van der Waals surface area contributed by atoms with Crippen LogP contribution in [0.25, 0.3) is 11.3 Å². The number of hydrogen-bond donors (Lipinski definition) is 0. The van der Waals surface area contributed by atoms with Gasteiger partial charge >= 0.3 is 0 Å². The van der Waals surface area contributed by atoms with Crippen molar-refractivity contribution in [1.29, 1.82) is 0 Å². The number of benzene rings is 1. The molecule has 4 rings (SSSR count). The van der Waals surface area contributed by atoms with Crippen LogP contribution in [0.2, 0.25) is 0 Å². The second-order valence-electron chi connectivity index (χ2n) is 5.55. The van der Waals surface area contributed by atoms with E-state index in [1.165, 1.54) is 6.07 Å². The Morgan fingerprint density at radius 3 is 2.91 bits per heavy atom. The van der Waals surface area contributed by atoms with E-state index in [-0.39, 0.29) is 5.82 Å². The zero-order valence-corrected chi connectivity index (χ0v) is 12.7. The van der Waals surface area contributed by atoms with Crippen molar-refractivity contribution in [2.75, 3.05) is 11.4 Å². The van der Waals surface area contributed by atoms with Gasteiger partial charge in [-0.3, -0.25) is 0 Å². The summed E-state index contributed by atoms with van der Waals surface area (Å²) in [5, 5.41) is 4.10. The maximum absolute atomic E-state index is 14.1. The normalized spacial score (nSPS) is 13.9. The van der Waals surface area contributed by atoms with Gasteiger partial charge in [0.25, 0.3) is 0 Å². The second-order valence-corrected chi connectivity index (χ2v) is 5.55. The van der Waals surface area contributed by atoms with Crippen LogP contribution in [0.3, 0.4) is 0 Å². The third-order valence-corrected chi connectivity index (χ3v) is 4.04. The van der Waals surface area contributed by atoms with Crippen LogP contribution >= 0.6 is 0 Å². The minimum absolute atomic E-state index is 0.293. The lowest BCUT2D eigenvalue weighted by atomic mass is 10.0. The molecule has 0 atom stereocenters. The predicted octanol–water partition coefficient (Wildman–Crippen LogP) is 3.14. The van der Waals surface area contributed by atoms with Gasteiger partial charge in [-0.1, -0.05) is 17.3 Å². The number of rotatable bonds is 2. The first-order valence-corrected chi connectivity index (χ1v) is 7.49. The first kappa shape index (κ1) is 13.9. The third kappa shape index (κ3) is 2.46. The van der Waals surface area contributed by atoms with Crippen LogP contribution in [0, 0.1) is 12.7 Å². The van der Waals surface area contributed by atoms with Gasteiger partial charge < -0.3 is 9.42 Å². The van der Waals surface area contributed by atoms with Gasteiger partial charge in [0.1, 0.15) is 28.9 Å². The highest BCUT2D eigenvalue weighted by molar-refractivity contribution is 5.65. The Kier molecular flexibility index (Phi) is 3.29. The van der Waals surface area contributed by atoms with Gasteiger partial charge in [-0.25, -0.2) is 14.4 Å². The lowest BCUT2D eigenvalue weighted by molar-refractivity contribution is 0.378. The fraction of sp³-hybridized carbons (Fsp3) is 0.235. The standard InChI is InChI=1S/C17H15FN4O/c1-11-19-8-6-16(20-11)22-9-7-15-13(10-22)17(21-23-15)12-4-2-3-5-14(12)18/h2-6,8H,7,9-10H2,1H3. The molecule has 0 saturated carbocycles. The highest BCUT2D eigenvalue weighted by Gasteiger charge is 2.26. The van der Waals surface area contributed by atoms with E-state index < -0.39 is 0 Å². The van der Waals surface area contributed by atoms with E-state index in [9.17, 15) is 4.39 Å². The van der Waals surface area contributed by atoms with Crippen molar-refractivity contribution >= 4 is 5.82 Å². The predicted molar refractivity (Wildman–Crippen MR) is 83.4 cm³/mol. The number of aromatic nitrogens is 3. The van der Waals surface area contributed by atoms with E-state index >= 15 is 0 Å². The van der Waals surface area contributed by atoms with Gasteiger partial charge in [-0.05, 0) is 25.1 Å². The van der Waals surface area contributed by atoms with E-state index in [1.807, 2.05) is 13.0 Å². The van der Waals surface area contributed by atoms with E-state index in [2.05, 4.69) is 20.0 Å². The molecule has 0 saturated heterocycles. The zero-order chi connectivity index (χ0) is 15.8. The molecule has 1 aliphatic rings. The molecule has 0 N–H and O–H groups in total. The van der Waals surface area contributed by atoms with Crippen LogP contribution in [0.15, 0.2) is 41.1 Å². The van der Waals surface area contributed by atoms with E-state index in [4.69, 9.17) is 4.52 Å². The molecule has 0 bridgehead atoms. The first-order valence-electron chi connectivity index (χ1n) is 7.49. The molecule has 5 nitrogen and oxygen atoms in total. The Balaban J connectivity index is 1.72. The number of hydrogen-bond acceptors (Lipinski definition) is 5. The summed E-state index contributed by atoms with van der Waals surface area (Å²) in [6.45, 7) is 3.25. The fourth-order valence-corrected chi connectivity index (χ4v) is 2.89. The molecule has 116 valence electrons. The van der Waals surface area contributed by atoms with Gasteiger partial charge in [-0.15, -0.1) is 0 Å². The molecule has 0 radical (unpaired) electrons. The third-order valence-electron chi connectivity index (χ3n) is 4.04. The highest BCUT2D eigenvalue weighted by atomic mass is 19.1. The van der Waals surface area contributed by atoms with Crippen LogP contribution in [0.4, 0.5) is 10.2 Å². The number of halogens is 1. The maximum Gasteiger partial charge on any atom is 0.144 e. The minimum atomic E-state index is -0.293. The molecule has 1 aromatic carbocycles. The summed E-state index contributed by atoms with van der Waals surface area (Å²) in [7, 11) is 0. The molecule has 6 heteroatoms.